The number of anilines is 1. The van der Waals surface area contributed by atoms with Gasteiger partial charge in [-0.1, -0.05) is 13.8 Å². The summed E-state index contributed by atoms with van der Waals surface area (Å²) in [6.07, 6.45) is 1.07. The monoisotopic (exact) mass is 456 g/mol. The smallest absolute Gasteiger partial charge is 0.251 e. The molecule has 168 valence electrons. The Balaban J connectivity index is 2.02. The van der Waals surface area contributed by atoms with E-state index in [2.05, 4.69) is 10.6 Å². The molecule has 0 radical (unpaired) electrons. The first-order chi connectivity index (χ1) is 14.6. The summed E-state index contributed by atoms with van der Waals surface area (Å²) < 4.78 is 53.4. The molecule has 1 heterocycles. The Bertz CT molecular complexity index is 1130. The van der Waals surface area contributed by atoms with Gasteiger partial charge in [0, 0.05) is 37.1 Å². The summed E-state index contributed by atoms with van der Waals surface area (Å²) in [6.45, 7) is 2.83. The highest BCUT2D eigenvalue weighted by atomic mass is 32.2. The number of amides is 2. The Morgan fingerprint density at radius 1 is 1.03 bits per heavy atom. The predicted molar refractivity (Wildman–Crippen MR) is 109 cm³/mol. The zero-order valence-electron chi connectivity index (χ0n) is 16.9. The highest BCUT2D eigenvalue weighted by molar-refractivity contribution is 7.89. The van der Waals surface area contributed by atoms with Crippen LogP contribution < -0.4 is 16.2 Å². The number of pyridine rings is 1. The molecule has 0 aliphatic carbocycles. The molecule has 2 N–H and O–H groups in total. The molecule has 0 aliphatic rings. The molecule has 0 atom stereocenters. The number of hydrogen-bond donors (Lipinski definition) is 2. The highest BCUT2D eigenvalue weighted by Crippen LogP contribution is 2.14. The molecular formula is C19H22F2N4O5S. The number of carbonyl (C=O) groups excluding carboxylic acids is 2. The van der Waals surface area contributed by atoms with E-state index in [0.717, 1.165) is 35.0 Å². The average molecular weight is 456 g/mol. The van der Waals surface area contributed by atoms with Gasteiger partial charge in [-0.3, -0.25) is 14.4 Å². The van der Waals surface area contributed by atoms with Crippen LogP contribution in [0.5, 0.6) is 0 Å². The van der Waals surface area contributed by atoms with Crippen LogP contribution in [-0.2, 0) is 26.2 Å². The van der Waals surface area contributed by atoms with Gasteiger partial charge in [0.25, 0.3) is 5.56 Å². The molecule has 31 heavy (non-hydrogen) atoms. The van der Waals surface area contributed by atoms with Crippen molar-refractivity contribution in [3.8, 4) is 0 Å². The summed E-state index contributed by atoms with van der Waals surface area (Å²) in [5.74, 6) is -3.63. The summed E-state index contributed by atoms with van der Waals surface area (Å²) in [5, 5.41) is 4.55. The van der Waals surface area contributed by atoms with E-state index >= 15 is 0 Å². The lowest BCUT2D eigenvalue weighted by Crippen LogP contribution is -2.37. The number of sulfonamides is 1. The normalized spacial score (nSPS) is 11.4. The topological polar surface area (TPSA) is 118 Å². The predicted octanol–water partition coefficient (Wildman–Crippen LogP) is 0.912. The van der Waals surface area contributed by atoms with E-state index < -0.39 is 52.1 Å². The number of halogens is 2. The van der Waals surface area contributed by atoms with Gasteiger partial charge in [0.1, 0.15) is 6.54 Å². The summed E-state index contributed by atoms with van der Waals surface area (Å²) in [5.41, 5.74) is -0.594. The van der Waals surface area contributed by atoms with Crippen molar-refractivity contribution in [3.63, 3.8) is 0 Å². The summed E-state index contributed by atoms with van der Waals surface area (Å²) in [4.78, 5) is 35.8. The molecule has 1 aromatic heterocycles. The van der Waals surface area contributed by atoms with Crippen LogP contribution in [0.1, 0.15) is 13.8 Å². The van der Waals surface area contributed by atoms with Crippen LogP contribution in [0.3, 0.4) is 0 Å². The van der Waals surface area contributed by atoms with Crippen LogP contribution in [0, 0.1) is 11.6 Å². The summed E-state index contributed by atoms with van der Waals surface area (Å²) in [6, 6.07) is 4.99. The van der Waals surface area contributed by atoms with Gasteiger partial charge >= 0.3 is 0 Å². The fourth-order valence-electron chi connectivity index (χ4n) is 2.67. The number of benzene rings is 1. The SMILES string of the molecule is CCN(CC)S(=O)(=O)c1ccc(=O)n(CC(=O)NCC(=O)Nc2ccc(F)c(F)c2)c1. The van der Waals surface area contributed by atoms with E-state index in [1.54, 1.807) is 13.8 Å². The minimum Gasteiger partial charge on any atom is -0.345 e. The fourth-order valence-corrected chi connectivity index (χ4v) is 4.15. The van der Waals surface area contributed by atoms with Crippen LogP contribution in [0.25, 0.3) is 0 Å². The van der Waals surface area contributed by atoms with E-state index in [0.29, 0.717) is 0 Å². The maximum Gasteiger partial charge on any atom is 0.251 e. The van der Waals surface area contributed by atoms with E-state index in [4.69, 9.17) is 0 Å². The second kappa shape index (κ2) is 10.3. The number of rotatable bonds is 9. The van der Waals surface area contributed by atoms with Crippen molar-refractivity contribution in [2.75, 3.05) is 25.0 Å². The molecule has 0 unspecified atom stereocenters. The number of aromatic nitrogens is 1. The number of hydrogen-bond acceptors (Lipinski definition) is 5. The molecule has 0 saturated heterocycles. The van der Waals surface area contributed by atoms with Crippen molar-refractivity contribution in [2.24, 2.45) is 0 Å². The minimum absolute atomic E-state index is 0.00341. The Morgan fingerprint density at radius 3 is 2.32 bits per heavy atom. The molecule has 0 spiro atoms. The first kappa shape index (κ1) is 24.2. The largest absolute Gasteiger partial charge is 0.345 e. The van der Waals surface area contributed by atoms with E-state index in [1.165, 1.54) is 10.4 Å². The first-order valence-corrected chi connectivity index (χ1v) is 10.7. The van der Waals surface area contributed by atoms with Gasteiger partial charge in [0.2, 0.25) is 21.8 Å². The molecular weight excluding hydrogens is 434 g/mol. The number of carbonyl (C=O) groups is 2. The van der Waals surface area contributed by atoms with Crippen LogP contribution in [-0.4, -0.2) is 48.7 Å². The molecule has 0 saturated carbocycles. The lowest BCUT2D eigenvalue weighted by Gasteiger charge is -2.19. The molecule has 2 aromatic rings. The quantitative estimate of drug-likeness (QED) is 0.582. The van der Waals surface area contributed by atoms with E-state index in [1.807, 2.05) is 0 Å². The Morgan fingerprint density at radius 2 is 1.71 bits per heavy atom. The van der Waals surface area contributed by atoms with Crippen molar-refractivity contribution in [1.29, 1.82) is 0 Å². The Labute approximate surface area is 177 Å². The highest BCUT2D eigenvalue weighted by Gasteiger charge is 2.22. The van der Waals surface area contributed by atoms with Crippen molar-refractivity contribution in [1.82, 2.24) is 14.2 Å². The minimum atomic E-state index is -3.82. The van der Waals surface area contributed by atoms with Crippen LogP contribution >= 0.6 is 0 Å². The molecule has 2 rings (SSSR count). The molecule has 0 aliphatic heterocycles. The van der Waals surface area contributed by atoms with Crippen molar-refractivity contribution >= 4 is 27.5 Å². The van der Waals surface area contributed by atoms with Gasteiger partial charge in [-0.05, 0) is 18.2 Å². The van der Waals surface area contributed by atoms with Gasteiger partial charge in [0.15, 0.2) is 11.6 Å². The molecule has 0 bridgehead atoms. The second-order valence-corrected chi connectivity index (χ2v) is 8.31. The van der Waals surface area contributed by atoms with E-state index in [-0.39, 0.29) is 23.7 Å². The third-order valence-electron chi connectivity index (χ3n) is 4.26. The van der Waals surface area contributed by atoms with E-state index in [9.17, 15) is 31.6 Å². The average Bonchev–Trinajstić information content (AvgIpc) is 2.71. The van der Waals surface area contributed by atoms with Crippen molar-refractivity contribution in [3.05, 3.63) is 58.5 Å². The lowest BCUT2D eigenvalue weighted by atomic mass is 10.3. The second-order valence-electron chi connectivity index (χ2n) is 6.37. The maximum absolute atomic E-state index is 13.2. The number of nitrogens with one attached hydrogen (secondary N) is 2. The van der Waals surface area contributed by atoms with Crippen LogP contribution in [0.2, 0.25) is 0 Å². The maximum atomic E-state index is 13.2. The molecule has 1 aromatic carbocycles. The fraction of sp³-hybridized carbons (Fsp3) is 0.316. The lowest BCUT2D eigenvalue weighted by molar-refractivity contribution is -0.124. The molecule has 2 amide bonds. The van der Waals surface area contributed by atoms with Gasteiger partial charge < -0.3 is 15.2 Å². The molecule has 0 fully saturated rings. The molecule has 12 heteroatoms. The molecule has 9 nitrogen and oxygen atoms in total. The number of nitrogens with zero attached hydrogens (tertiary/aromatic N) is 2. The van der Waals surface area contributed by atoms with Gasteiger partial charge in [-0.2, -0.15) is 4.31 Å². The first-order valence-electron chi connectivity index (χ1n) is 9.30. The third-order valence-corrected chi connectivity index (χ3v) is 6.30. The van der Waals surface area contributed by atoms with Gasteiger partial charge in [-0.15, -0.1) is 0 Å². The van der Waals surface area contributed by atoms with Crippen molar-refractivity contribution < 1.29 is 26.8 Å². The standard InChI is InChI=1S/C19H22F2N4O5S/c1-3-25(4-2)31(29,30)14-6-8-19(28)24(11-14)12-18(27)22-10-17(26)23-13-5-7-15(20)16(21)9-13/h5-9,11H,3-4,10,12H2,1-2H3,(H,22,27)(H,23,26). The zero-order chi connectivity index (χ0) is 23.2. The van der Waals surface area contributed by atoms with Gasteiger partial charge in [0.05, 0.1) is 11.4 Å². The van der Waals surface area contributed by atoms with Crippen LogP contribution in [0.4, 0.5) is 14.5 Å². The Kier molecular flexibility index (Phi) is 8.00. The zero-order valence-corrected chi connectivity index (χ0v) is 17.7. The summed E-state index contributed by atoms with van der Waals surface area (Å²) >= 11 is 0. The Hall–Kier alpha value is -3.12. The van der Waals surface area contributed by atoms with Gasteiger partial charge in [-0.25, -0.2) is 17.2 Å². The summed E-state index contributed by atoms with van der Waals surface area (Å²) in [7, 11) is -3.82. The van der Waals surface area contributed by atoms with Crippen molar-refractivity contribution in [2.45, 2.75) is 25.3 Å². The third kappa shape index (κ3) is 6.18. The van der Waals surface area contributed by atoms with Crippen LogP contribution in [0.15, 0.2) is 46.2 Å².